The molecule has 0 aromatic rings. The molecule has 0 bridgehead atoms. The molecule has 0 heterocycles. The number of ether oxygens (including phenoxy) is 1. The van der Waals surface area contributed by atoms with Crippen LogP contribution >= 0.6 is 0 Å². The van der Waals surface area contributed by atoms with Crippen LogP contribution in [0.4, 0.5) is 0 Å². The van der Waals surface area contributed by atoms with E-state index < -0.39 is 0 Å². The second kappa shape index (κ2) is 16.7. The van der Waals surface area contributed by atoms with E-state index in [9.17, 15) is 4.79 Å². The van der Waals surface area contributed by atoms with Crippen LogP contribution in [0, 0.1) is 0 Å². The predicted molar refractivity (Wildman–Crippen MR) is 91.3 cm³/mol. The lowest BCUT2D eigenvalue weighted by Crippen LogP contribution is -1.98. The molecule has 0 fully saturated rings. The number of unbranched alkanes of at least 4 members (excludes halogenated alkanes) is 7. The van der Waals surface area contributed by atoms with Crippen molar-refractivity contribution < 1.29 is 9.53 Å². The summed E-state index contributed by atoms with van der Waals surface area (Å²) in [5, 5.41) is 0. The second-order valence-electron chi connectivity index (χ2n) is 5.27. The number of carbonyl (C=O) groups excluding carboxylic acids is 1. The predicted octanol–water partition coefficient (Wildman–Crippen LogP) is 5.75. The van der Waals surface area contributed by atoms with Crippen LogP contribution < -0.4 is 0 Å². The van der Waals surface area contributed by atoms with Crippen molar-refractivity contribution in [1.82, 2.24) is 0 Å². The zero-order valence-electron chi connectivity index (χ0n) is 13.9. The third-order valence-electron chi connectivity index (χ3n) is 3.31. The minimum Gasteiger partial charge on any atom is -0.469 e. The van der Waals surface area contributed by atoms with Gasteiger partial charge in [-0.1, -0.05) is 75.5 Å². The van der Waals surface area contributed by atoms with E-state index in [0.29, 0.717) is 6.42 Å². The Morgan fingerprint density at radius 2 is 1.38 bits per heavy atom. The summed E-state index contributed by atoms with van der Waals surface area (Å²) in [4.78, 5) is 10.9. The first-order valence-electron chi connectivity index (χ1n) is 8.36. The highest BCUT2D eigenvalue weighted by Gasteiger charge is 1.98. The standard InChI is InChI=1S/C19H32O2/c1-3-4-5-6-7-8-9-10-11-12-13-14-15-16-17-18-19(20)21-2/h6-11H,3-5,12-18H2,1-2H3/b7-6-,9-8+,11-10+. The summed E-state index contributed by atoms with van der Waals surface area (Å²) in [7, 11) is 1.45. The molecule has 0 aromatic heterocycles. The Kier molecular flexibility index (Phi) is 15.7. The molecular formula is C19H32O2. The van der Waals surface area contributed by atoms with Crippen LogP contribution in [-0.2, 0) is 9.53 Å². The normalized spacial score (nSPS) is 11.9. The Hall–Kier alpha value is -1.31. The van der Waals surface area contributed by atoms with Crippen LogP contribution in [0.25, 0.3) is 0 Å². The largest absolute Gasteiger partial charge is 0.469 e. The third-order valence-corrected chi connectivity index (χ3v) is 3.31. The molecule has 0 unspecified atom stereocenters. The SMILES string of the molecule is CCCC\C=C/C=C/C=C/CCCCCCCC(=O)OC. The number of allylic oxidation sites excluding steroid dienone is 6. The van der Waals surface area contributed by atoms with Crippen molar-refractivity contribution in [2.75, 3.05) is 7.11 Å². The Bertz CT molecular complexity index is 314. The first kappa shape index (κ1) is 19.7. The van der Waals surface area contributed by atoms with Gasteiger partial charge in [-0.3, -0.25) is 4.79 Å². The molecule has 0 aliphatic heterocycles. The minimum absolute atomic E-state index is 0.0894. The second-order valence-corrected chi connectivity index (χ2v) is 5.27. The van der Waals surface area contributed by atoms with Gasteiger partial charge in [0, 0.05) is 6.42 Å². The Morgan fingerprint density at radius 1 is 0.810 bits per heavy atom. The van der Waals surface area contributed by atoms with Gasteiger partial charge in [0.05, 0.1) is 7.11 Å². The lowest BCUT2D eigenvalue weighted by atomic mass is 10.1. The average molecular weight is 292 g/mol. The number of methoxy groups -OCH3 is 1. The molecule has 0 saturated carbocycles. The molecule has 0 saturated heterocycles. The lowest BCUT2D eigenvalue weighted by Gasteiger charge is -1.99. The number of esters is 1. The zero-order chi connectivity index (χ0) is 15.6. The molecule has 0 spiro atoms. The van der Waals surface area contributed by atoms with Gasteiger partial charge < -0.3 is 4.74 Å². The molecule has 0 aliphatic rings. The van der Waals surface area contributed by atoms with Gasteiger partial charge in [-0.2, -0.15) is 0 Å². The minimum atomic E-state index is -0.0894. The van der Waals surface area contributed by atoms with Gasteiger partial charge >= 0.3 is 5.97 Å². The third kappa shape index (κ3) is 16.6. The van der Waals surface area contributed by atoms with Crippen molar-refractivity contribution in [2.45, 2.75) is 71.1 Å². The first-order chi connectivity index (χ1) is 10.3. The molecule has 0 amide bonds. The zero-order valence-corrected chi connectivity index (χ0v) is 13.9. The van der Waals surface area contributed by atoms with Gasteiger partial charge in [0.2, 0.25) is 0 Å². The van der Waals surface area contributed by atoms with Crippen LogP contribution in [0.3, 0.4) is 0 Å². The van der Waals surface area contributed by atoms with Crippen LogP contribution in [0.15, 0.2) is 36.5 Å². The Morgan fingerprint density at radius 3 is 2.00 bits per heavy atom. The number of carbonyl (C=O) groups is 1. The molecule has 0 N–H and O–H groups in total. The molecule has 0 atom stereocenters. The quantitative estimate of drug-likeness (QED) is 0.245. The van der Waals surface area contributed by atoms with Crippen LogP contribution in [0.2, 0.25) is 0 Å². The maximum Gasteiger partial charge on any atom is 0.305 e. The summed E-state index contributed by atoms with van der Waals surface area (Å²) in [6, 6.07) is 0. The lowest BCUT2D eigenvalue weighted by molar-refractivity contribution is -0.140. The molecule has 0 rings (SSSR count). The van der Waals surface area contributed by atoms with Gasteiger partial charge in [-0.05, 0) is 25.7 Å². The molecule has 2 nitrogen and oxygen atoms in total. The van der Waals surface area contributed by atoms with E-state index in [1.807, 2.05) is 0 Å². The summed E-state index contributed by atoms with van der Waals surface area (Å²) in [5.41, 5.74) is 0. The fourth-order valence-electron chi connectivity index (χ4n) is 1.96. The van der Waals surface area contributed by atoms with Gasteiger partial charge in [0.1, 0.15) is 0 Å². The van der Waals surface area contributed by atoms with Crippen molar-refractivity contribution in [3.63, 3.8) is 0 Å². The molecule has 2 heteroatoms. The molecule has 120 valence electrons. The summed E-state index contributed by atoms with van der Waals surface area (Å²) in [6.45, 7) is 2.21. The highest BCUT2D eigenvalue weighted by molar-refractivity contribution is 5.68. The number of rotatable bonds is 13. The fourth-order valence-corrected chi connectivity index (χ4v) is 1.96. The number of hydrogen-bond donors (Lipinski definition) is 0. The average Bonchev–Trinajstić information content (AvgIpc) is 2.50. The van der Waals surface area contributed by atoms with E-state index in [2.05, 4.69) is 48.1 Å². The Labute approximate surface area is 131 Å². The molecule has 0 aliphatic carbocycles. The van der Waals surface area contributed by atoms with Crippen molar-refractivity contribution >= 4 is 5.97 Å². The summed E-state index contributed by atoms with van der Waals surface area (Å²) in [6.07, 6.45) is 24.1. The smallest absolute Gasteiger partial charge is 0.305 e. The monoisotopic (exact) mass is 292 g/mol. The van der Waals surface area contributed by atoms with Crippen molar-refractivity contribution in [3.05, 3.63) is 36.5 Å². The molecular weight excluding hydrogens is 260 g/mol. The van der Waals surface area contributed by atoms with Crippen LogP contribution in [0.1, 0.15) is 71.1 Å². The van der Waals surface area contributed by atoms with Crippen LogP contribution in [-0.4, -0.2) is 13.1 Å². The Balaban J connectivity index is 3.30. The highest BCUT2D eigenvalue weighted by atomic mass is 16.5. The van der Waals surface area contributed by atoms with Crippen molar-refractivity contribution in [1.29, 1.82) is 0 Å². The summed E-state index contributed by atoms with van der Waals surface area (Å²) in [5.74, 6) is -0.0894. The van der Waals surface area contributed by atoms with Crippen LogP contribution in [0.5, 0.6) is 0 Å². The highest BCUT2D eigenvalue weighted by Crippen LogP contribution is 2.08. The summed E-state index contributed by atoms with van der Waals surface area (Å²) < 4.78 is 4.61. The molecule has 0 radical (unpaired) electrons. The van der Waals surface area contributed by atoms with Crippen molar-refractivity contribution in [3.8, 4) is 0 Å². The summed E-state index contributed by atoms with van der Waals surface area (Å²) >= 11 is 0. The van der Waals surface area contributed by atoms with E-state index in [1.165, 1.54) is 45.6 Å². The van der Waals surface area contributed by atoms with E-state index in [4.69, 9.17) is 0 Å². The van der Waals surface area contributed by atoms with Gasteiger partial charge in [-0.25, -0.2) is 0 Å². The molecule has 21 heavy (non-hydrogen) atoms. The van der Waals surface area contributed by atoms with Gasteiger partial charge in [-0.15, -0.1) is 0 Å². The van der Waals surface area contributed by atoms with Gasteiger partial charge in [0.25, 0.3) is 0 Å². The maximum atomic E-state index is 10.9. The molecule has 0 aromatic carbocycles. The topological polar surface area (TPSA) is 26.3 Å². The van der Waals surface area contributed by atoms with E-state index >= 15 is 0 Å². The number of hydrogen-bond acceptors (Lipinski definition) is 2. The van der Waals surface area contributed by atoms with Crippen molar-refractivity contribution in [2.24, 2.45) is 0 Å². The van der Waals surface area contributed by atoms with E-state index in [-0.39, 0.29) is 5.97 Å². The fraction of sp³-hybridized carbons (Fsp3) is 0.632. The maximum absolute atomic E-state index is 10.9. The first-order valence-corrected chi connectivity index (χ1v) is 8.36. The van der Waals surface area contributed by atoms with E-state index in [1.54, 1.807) is 0 Å². The van der Waals surface area contributed by atoms with Gasteiger partial charge in [0.15, 0.2) is 0 Å². The van der Waals surface area contributed by atoms with E-state index in [0.717, 1.165) is 19.3 Å².